The van der Waals surface area contributed by atoms with E-state index in [-0.39, 0.29) is 5.91 Å². The van der Waals surface area contributed by atoms with Crippen LogP contribution in [0.25, 0.3) is 0 Å². The molecule has 0 saturated carbocycles. The van der Waals surface area contributed by atoms with Crippen molar-refractivity contribution < 1.29 is 4.79 Å². The average Bonchev–Trinajstić information content (AvgIpc) is 2.54. The molecule has 6 nitrogen and oxygen atoms in total. The van der Waals surface area contributed by atoms with Crippen molar-refractivity contribution in [3.8, 4) is 0 Å². The molecule has 2 aromatic rings. The van der Waals surface area contributed by atoms with Gasteiger partial charge in [0, 0.05) is 22.8 Å². The smallest absolute Gasteiger partial charge is 0.270 e. The number of carbonyl (C=O) groups is 1. The van der Waals surface area contributed by atoms with Crippen molar-refractivity contribution in [1.29, 1.82) is 0 Å². The number of hydrogen-bond donors (Lipinski definition) is 2. The molecule has 0 saturated heterocycles. The number of nitrogens with one attached hydrogen (secondary N) is 2. The third-order valence-corrected chi connectivity index (χ3v) is 3.61. The Bertz CT molecular complexity index is 645. The van der Waals surface area contributed by atoms with Crippen LogP contribution in [0.1, 0.15) is 16.9 Å². The van der Waals surface area contributed by atoms with Crippen LogP contribution >= 0.6 is 15.9 Å². The second-order valence-electron chi connectivity index (χ2n) is 5.33. The first kappa shape index (κ1) is 17.4. The molecule has 0 radical (unpaired) electrons. The third kappa shape index (κ3) is 5.96. The van der Waals surface area contributed by atoms with E-state index in [9.17, 15) is 4.79 Å². The zero-order valence-corrected chi connectivity index (χ0v) is 14.8. The molecular formula is C16H20BrN5O. The highest BCUT2D eigenvalue weighted by molar-refractivity contribution is 9.10. The highest BCUT2D eigenvalue weighted by Gasteiger charge is 2.08. The van der Waals surface area contributed by atoms with Crippen LogP contribution in [0.5, 0.6) is 0 Å². The minimum Gasteiger partial charge on any atom is -0.351 e. The lowest BCUT2D eigenvalue weighted by atomic mass is 10.3. The first-order valence-corrected chi connectivity index (χ1v) is 8.11. The van der Waals surface area contributed by atoms with Crippen molar-refractivity contribution in [2.24, 2.45) is 0 Å². The summed E-state index contributed by atoms with van der Waals surface area (Å²) in [6.45, 7) is 1.55. The lowest BCUT2D eigenvalue weighted by Gasteiger charge is -2.10. The normalized spacial score (nSPS) is 10.6. The van der Waals surface area contributed by atoms with Gasteiger partial charge in [-0.05, 0) is 51.3 Å². The summed E-state index contributed by atoms with van der Waals surface area (Å²) in [5.41, 5.74) is 1.24. The van der Waals surface area contributed by atoms with E-state index in [1.165, 1.54) is 6.33 Å². The van der Waals surface area contributed by atoms with Crippen molar-refractivity contribution in [2.75, 3.05) is 32.5 Å². The van der Waals surface area contributed by atoms with Gasteiger partial charge in [-0.25, -0.2) is 9.97 Å². The van der Waals surface area contributed by atoms with E-state index in [0.717, 1.165) is 23.1 Å². The fourth-order valence-electron chi connectivity index (χ4n) is 1.92. The molecule has 1 heterocycles. The lowest BCUT2D eigenvalue weighted by Crippen LogP contribution is -2.27. The Kier molecular flexibility index (Phi) is 6.49. The van der Waals surface area contributed by atoms with Gasteiger partial charge in [0.25, 0.3) is 5.91 Å². The maximum Gasteiger partial charge on any atom is 0.270 e. The fourth-order valence-corrected chi connectivity index (χ4v) is 2.18. The van der Waals surface area contributed by atoms with E-state index in [4.69, 9.17) is 0 Å². The molecule has 1 aromatic carbocycles. The summed E-state index contributed by atoms with van der Waals surface area (Å²) in [6, 6.07) is 9.35. The van der Waals surface area contributed by atoms with E-state index in [1.807, 2.05) is 38.4 Å². The summed E-state index contributed by atoms with van der Waals surface area (Å²) < 4.78 is 1.00. The fraction of sp³-hybridized carbons (Fsp3) is 0.312. The Hall–Kier alpha value is -1.99. The number of amides is 1. The van der Waals surface area contributed by atoms with E-state index in [0.29, 0.717) is 18.1 Å². The highest BCUT2D eigenvalue weighted by atomic mass is 79.9. The highest BCUT2D eigenvalue weighted by Crippen LogP contribution is 2.17. The van der Waals surface area contributed by atoms with Crippen molar-refractivity contribution in [3.05, 3.63) is 46.8 Å². The third-order valence-electron chi connectivity index (χ3n) is 3.08. The van der Waals surface area contributed by atoms with Crippen molar-refractivity contribution >= 4 is 33.3 Å². The molecule has 0 aliphatic rings. The van der Waals surface area contributed by atoms with Gasteiger partial charge < -0.3 is 15.5 Å². The number of nitrogens with zero attached hydrogens (tertiary/aromatic N) is 3. The van der Waals surface area contributed by atoms with Crippen LogP contribution in [0.3, 0.4) is 0 Å². The number of halogens is 1. The average molecular weight is 378 g/mol. The molecule has 0 unspecified atom stereocenters. The first-order chi connectivity index (χ1) is 11.0. The quantitative estimate of drug-likeness (QED) is 0.725. The topological polar surface area (TPSA) is 70.2 Å². The van der Waals surface area contributed by atoms with Crippen LogP contribution in [0.15, 0.2) is 41.1 Å². The molecule has 1 aromatic heterocycles. The number of benzene rings is 1. The van der Waals surface area contributed by atoms with E-state index < -0.39 is 0 Å². The van der Waals surface area contributed by atoms with Gasteiger partial charge in [-0.2, -0.15) is 0 Å². The molecule has 2 N–H and O–H groups in total. The van der Waals surface area contributed by atoms with Gasteiger partial charge in [0.05, 0.1) is 0 Å². The second kappa shape index (κ2) is 8.59. The minimum absolute atomic E-state index is 0.190. The van der Waals surface area contributed by atoms with Crippen molar-refractivity contribution in [1.82, 2.24) is 20.2 Å². The van der Waals surface area contributed by atoms with Crippen LogP contribution in [-0.2, 0) is 0 Å². The van der Waals surface area contributed by atoms with Crippen LogP contribution in [-0.4, -0.2) is 48.0 Å². The summed E-state index contributed by atoms with van der Waals surface area (Å²) in [5, 5.41) is 6.01. The lowest BCUT2D eigenvalue weighted by molar-refractivity contribution is 0.0947. The van der Waals surface area contributed by atoms with E-state index >= 15 is 0 Å². The summed E-state index contributed by atoms with van der Waals surface area (Å²) in [5.74, 6) is 0.394. The summed E-state index contributed by atoms with van der Waals surface area (Å²) in [7, 11) is 4.01. The number of carbonyl (C=O) groups excluding carboxylic acids is 1. The first-order valence-electron chi connectivity index (χ1n) is 7.32. The molecule has 0 aliphatic heterocycles. The minimum atomic E-state index is -0.190. The summed E-state index contributed by atoms with van der Waals surface area (Å²) >= 11 is 3.39. The Morgan fingerprint density at radius 3 is 2.65 bits per heavy atom. The Morgan fingerprint density at radius 1 is 1.22 bits per heavy atom. The van der Waals surface area contributed by atoms with Crippen LogP contribution < -0.4 is 10.6 Å². The predicted octanol–water partition coefficient (Wildman–Crippen LogP) is 2.66. The van der Waals surface area contributed by atoms with Gasteiger partial charge in [0.2, 0.25) is 0 Å². The Labute approximate surface area is 144 Å². The zero-order valence-electron chi connectivity index (χ0n) is 13.2. The molecule has 23 heavy (non-hydrogen) atoms. The number of aromatic nitrogens is 2. The van der Waals surface area contributed by atoms with Crippen molar-refractivity contribution in [2.45, 2.75) is 6.42 Å². The maximum absolute atomic E-state index is 12.1. The molecule has 122 valence electrons. The predicted molar refractivity (Wildman–Crippen MR) is 95.0 cm³/mol. The molecule has 7 heteroatoms. The van der Waals surface area contributed by atoms with E-state index in [2.05, 4.69) is 41.4 Å². The van der Waals surface area contributed by atoms with Crippen LogP contribution in [0.4, 0.5) is 11.5 Å². The SMILES string of the molecule is CN(C)CCCNC(=O)c1cc(Nc2ccc(Br)cc2)ncn1. The number of rotatable bonds is 7. The van der Waals surface area contributed by atoms with Crippen molar-refractivity contribution in [3.63, 3.8) is 0 Å². The van der Waals surface area contributed by atoms with Gasteiger partial charge in [0.1, 0.15) is 17.8 Å². The summed E-state index contributed by atoms with van der Waals surface area (Å²) in [4.78, 5) is 22.3. The van der Waals surface area contributed by atoms with Crippen LogP contribution in [0, 0.1) is 0 Å². The molecule has 0 aliphatic carbocycles. The number of hydrogen-bond acceptors (Lipinski definition) is 5. The van der Waals surface area contributed by atoms with Gasteiger partial charge in [-0.3, -0.25) is 4.79 Å². The molecule has 2 rings (SSSR count). The largest absolute Gasteiger partial charge is 0.351 e. The molecule has 0 fully saturated rings. The standard InChI is InChI=1S/C16H20BrN5O/c1-22(2)9-3-8-18-16(23)14-10-15(20-11-19-14)21-13-6-4-12(17)5-7-13/h4-7,10-11H,3,8-9H2,1-2H3,(H,18,23)(H,19,20,21). The molecule has 0 spiro atoms. The van der Waals surface area contributed by atoms with Crippen LogP contribution in [0.2, 0.25) is 0 Å². The second-order valence-corrected chi connectivity index (χ2v) is 6.25. The van der Waals surface area contributed by atoms with Gasteiger partial charge in [-0.1, -0.05) is 15.9 Å². The number of anilines is 2. The molecule has 1 amide bonds. The van der Waals surface area contributed by atoms with Gasteiger partial charge in [-0.15, -0.1) is 0 Å². The van der Waals surface area contributed by atoms with Gasteiger partial charge in [0.15, 0.2) is 0 Å². The van der Waals surface area contributed by atoms with E-state index in [1.54, 1.807) is 6.07 Å². The maximum atomic E-state index is 12.1. The zero-order chi connectivity index (χ0) is 16.7. The Morgan fingerprint density at radius 2 is 1.96 bits per heavy atom. The molecular weight excluding hydrogens is 358 g/mol. The summed E-state index contributed by atoms with van der Waals surface area (Å²) in [6.07, 6.45) is 2.28. The Balaban J connectivity index is 1.93. The monoisotopic (exact) mass is 377 g/mol. The molecule has 0 atom stereocenters. The molecule has 0 bridgehead atoms. The van der Waals surface area contributed by atoms with Gasteiger partial charge >= 0.3 is 0 Å².